The molecule has 0 atom stereocenters. The minimum atomic E-state index is -2.03. The van der Waals surface area contributed by atoms with Crippen LogP contribution in [0.2, 0.25) is 0 Å². The van der Waals surface area contributed by atoms with Crippen LogP contribution in [0.3, 0.4) is 0 Å². The van der Waals surface area contributed by atoms with Crippen molar-refractivity contribution in [2.24, 2.45) is 0 Å². The third-order valence-electron chi connectivity index (χ3n) is 1.42. The molecule has 1 aromatic rings. The van der Waals surface area contributed by atoms with Crippen LogP contribution in [0.4, 0.5) is 17.6 Å². The molecule has 0 aliphatic rings. The van der Waals surface area contributed by atoms with E-state index in [1.807, 2.05) is 0 Å². The summed E-state index contributed by atoms with van der Waals surface area (Å²) in [5, 5.41) is 8.31. The quantitative estimate of drug-likeness (QED) is 0.374. The zero-order chi connectivity index (χ0) is 11.0. The van der Waals surface area contributed by atoms with Gasteiger partial charge in [-0.25, -0.2) is 22.4 Å². The highest BCUT2D eigenvalue weighted by molar-refractivity contribution is 14.1. The van der Waals surface area contributed by atoms with E-state index in [1.54, 1.807) is 0 Å². The van der Waals surface area contributed by atoms with Crippen LogP contribution in [-0.4, -0.2) is 11.1 Å². The normalized spacial score (nSPS) is 10.4. The van der Waals surface area contributed by atoms with Crippen molar-refractivity contribution in [3.05, 3.63) is 32.4 Å². The Hall–Kier alpha value is -0.860. The molecule has 0 saturated carbocycles. The summed E-state index contributed by atoms with van der Waals surface area (Å²) in [5.41, 5.74) is -1.49. The first-order valence-electron chi connectivity index (χ1n) is 3.12. The fourth-order valence-electron chi connectivity index (χ4n) is 0.793. The van der Waals surface area contributed by atoms with Crippen molar-refractivity contribution < 1.29 is 27.5 Å². The SMILES string of the molecule is O=C(O)c1c(F)c(F)c(F)c(I)c1F. The van der Waals surface area contributed by atoms with Gasteiger partial charge in [-0.15, -0.1) is 0 Å². The molecule has 0 bridgehead atoms. The van der Waals surface area contributed by atoms with Crippen molar-refractivity contribution in [2.45, 2.75) is 0 Å². The van der Waals surface area contributed by atoms with E-state index >= 15 is 0 Å². The molecule has 1 rings (SSSR count). The van der Waals surface area contributed by atoms with Crippen molar-refractivity contribution in [3.8, 4) is 0 Å². The van der Waals surface area contributed by atoms with Gasteiger partial charge in [0.05, 0.1) is 3.57 Å². The number of carboxylic acids is 1. The predicted octanol–water partition coefficient (Wildman–Crippen LogP) is 2.55. The van der Waals surface area contributed by atoms with Gasteiger partial charge in [0.15, 0.2) is 23.3 Å². The minimum absolute atomic E-state index is 0.890. The van der Waals surface area contributed by atoms with Crippen LogP contribution in [-0.2, 0) is 0 Å². The Morgan fingerprint density at radius 1 is 1.00 bits per heavy atom. The maximum atomic E-state index is 12.9. The van der Waals surface area contributed by atoms with Crippen LogP contribution in [0.15, 0.2) is 0 Å². The van der Waals surface area contributed by atoms with E-state index in [0.29, 0.717) is 0 Å². The van der Waals surface area contributed by atoms with Gasteiger partial charge < -0.3 is 5.11 Å². The summed E-state index contributed by atoms with van der Waals surface area (Å²) in [4.78, 5) is 10.3. The summed E-state index contributed by atoms with van der Waals surface area (Å²) in [6.07, 6.45) is 0. The Morgan fingerprint density at radius 2 is 1.50 bits per heavy atom. The van der Waals surface area contributed by atoms with Gasteiger partial charge in [-0.3, -0.25) is 0 Å². The number of hydrogen-bond donors (Lipinski definition) is 1. The molecule has 0 radical (unpaired) electrons. The zero-order valence-electron chi connectivity index (χ0n) is 6.25. The molecule has 2 nitrogen and oxygen atoms in total. The summed E-state index contributed by atoms with van der Waals surface area (Å²) in [6.45, 7) is 0. The fraction of sp³-hybridized carbons (Fsp3) is 0. The van der Waals surface area contributed by atoms with E-state index in [-0.39, 0.29) is 0 Å². The standard InChI is InChI=1S/C7HF4IO2/c8-2-1(7(13)14)3(9)6(12)5(11)4(2)10/h(H,13,14). The number of carbonyl (C=O) groups is 1. The summed E-state index contributed by atoms with van der Waals surface area (Å²) in [5.74, 6) is -9.36. The molecule has 0 aliphatic heterocycles. The maximum absolute atomic E-state index is 12.9. The van der Waals surface area contributed by atoms with E-state index in [1.165, 1.54) is 0 Å². The number of hydrogen-bond acceptors (Lipinski definition) is 1. The highest BCUT2D eigenvalue weighted by Gasteiger charge is 2.27. The molecule has 0 saturated heterocycles. The lowest BCUT2D eigenvalue weighted by molar-refractivity contribution is 0.0684. The number of benzene rings is 1. The van der Waals surface area contributed by atoms with E-state index in [4.69, 9.17) is 5.11 Å². The number of carboxylic acid groups (broad SMARTS) is 1. The number of aromatic carboxylic acids is 1. The van der Waals surface area contributed by atoms with Crippen molar-refractivity contribution in [1.82, 2.24) is 0 Å². The first-order chi connectivity index (χ1) is 6.37. The average Bonchev–Trinajstić information content (AvgIpc) is 2.11. The van der Waals surface area contributed by atoms with E-state index in [0.717, 1.165) is 22.6 Å². The fourth-order valence-corrected chi connectivity index (χ4v) is 1.30. The van der Waals surface area contributed by atoms with Crippen LogP contribution in [0.5, 0.6) is 0 Å². The van der Waals surface area contributed by atoms with Gasteiger partial charge in [0, 0.05) is 0 Å². The molecule has 7 heteroatoms. The lowest BCUT2D eigenvalue weighted by Crippen LogP contribution is -2.11. The van der Waals surface area contributed by atoms with Crippen molar-refractivity contribution >= 4 is 28.6 Å². The van der Waals surface area contributed by atoms with Gasteiger partial charge in [0.25, 0.3) is 0 Å². The zero-order valence-corrected chi connectivity index (χ0v) is 8.40. The van der Waals surface area contributed by atoms with Crippen LogP contribution in [0, 0.1) is 26.8 Å². The monoisotopic (exact) mass is 320 g/mol. The second-order valence-corrected chi connectivity index (χ2v) is 3.33. The Labute approximate surface area is 88.7 Å². The Bertz CT molecular complexity index is 390. The predicted molar refractivity (Wildman–Crippen MR) is 46.0 cm³/mol. The molecular formula is C7HF4IO2. The van der Waals surface area contributed by atoms with Gasteiger partial charge in [-0.1, -0.05) is 0 Å². The summed E-state index contributed by atoms with van der Waals surface area (Å²) in [7, 11) is 0. The molecule has 0 amide bonds. The van der Waals surface area contributed by atoms with Crippen molar-refractivity contribution in [3.63, 3.8) is 0 Å². The van der Waals surface area contributed by atoms with E-state index < -0.39 is 38.4 Å². The molecule has 14 heavy (non-hydrogen) atoms. The molecule has 0 aliphatic carbocycles. The molecule has 76 valence electrons. The first kappa shape index (κ1) is 11.2. The molecule has 0 aromatic heterocycles. The second-order valence-electron chi connectivity index (χ2n) is 2.25. The molecule has 0 fully saturated rings. The molecule has 0 heterocycles. The lowest BCUT2D eigenvalue weighted by Gasteiger charge is -2.04. The van der Waals surface area contributed by atoms with Crippen LogP contribution >= 0.6 is 22.6 Å². The lowest BCUT2D eigenvalue weighted by atomic mass is 10.2. The van der Waals surface area contributed by atoms with Crippen molar-refractivity contribution in [1.29, 1.82) is 0 Å². The van der Waals surface area contributed by atoms with E-state index in [9.17, 15) is 22.4 Å². The van der Waals surface area contributed by atoms with Gasteiger partial charge >= 0.3 is 5.97 Å². The first-order valence-corrected chi connectivity index (χ1v) is 4.20. The number of rotatable bonds is 1. The number of halogens is 5. The molecule has 1 N–H and O–H groups in total. The van der Waals surface area contributed by atoms with Gasteiger partial charge in [0.1, 0.15) is 5.56 Å². The van der Waals surface area contributed by atoms with Gasteiger partial charge in [0.2, 0.25) is 0 Å². The highest BCUT2D eigenvalue weighted by atomic mass is 127. The van der Waals surface area contributed by atoms with Crippen molar-refractivity contribution in [2.75, 3.05) is 0 Å². The smallest absolute Gasteiger partial charge is 0.341 e. The van der Waals surface area contributed by atoms with Crippen LogP contribution < -0.4 is 0 Å². The van der Waals surface area contributed by atoms with Crippen LogP contribution in [0.1, 0.15) is 10.4 Å². The maximum Gasteiger partial charge on any atom is 0.341 e. The molecule has 0 spiro atoms. The minimum Gasteiger partial charge on any atom is -0.477 e. The average molecular weight is 320 g/mol. The van der Waals surface area contributed by atoms with E-state index in [2.05, 4.69) is 0 Å². The summed E-state index contributed by atoms with van der Waals surface area (Å²) >= 11 is 1.05. The molecule has 1 aromatic carbocycles. The van der Waals surface area contributed by atoms with Crippen LogP contribution in [0.25, 0.3) is 0 Å². The summed E-state index contributed by atoms with van der Waals surface area (Å²) in [6, 6.07) is 0. The third kappa shape index (κ3) is 1.56. The summed E-state index contributed by atoms with van der Waals surface area (Å²) < 4.78 is 50.0. The Kier molecular flexibility index (Phi) is 2.98. The third-order valence-corrected chi connectivity index (χ3v) is 2.37. The topological polar surface area (TPSA) is 37.3 Å². The highest BCUT2D eigenvalue weighted by Crippen LogP contribution is 2.25. The molecular weight excluding hydrogens is 319 g/mol. The molecule has 0 unspecified atom stereocenters. The Morgan fingerprint density at radius 3 is 1.93 bits per heavy atom. The van der Waals surface area contributed by atoms with Gasteiger partial charge in [-0.2, -0.15) is 0 Å². The Balaban J connectivity index is 3.68. The second kappa shape index (κ2) is 3.71. The largest absolute Gasteiger partial charge is 0.477 e. The van der Waals surface area contributed by atoms with Gasteiger partial charge in [-0.05, 0) is 22.6 Å².